The van der Waals surface area contributed by atoms with Crippen LogP contribution in [0.2, 0.25) is 0 Å². The Hall–Kier alpha value is -3.07. The molecule has 1 atom stereocenters. The highest BCUT2D eigenvalue weighted by Crippen LogP contribution is 2.33. The Balaban J connectivity index is 2.05. The third-order valence-electron chi connectivity index (χ3n) is 4.50. The summed E-state index contributed by atoms with van der Waals surface area (Å²) in [7, 11) is 1.58. The maximum Gasteiger partial charge on any atom is 0.271 e. The molecular weight excluding hydrogens is 392 g/mol. The van der Waals surface area contributed by atoms with E-state index in [-0.39, 0.29) is 23.4 Å². The lowest BCUT2D eigenvalue weighted by molar-refractivity contribution is -0.384. The zero-order valence-electron chi connectivity index (χ0n) is 16.4. The summed E-state index contributed by atoms with van der Waals surface area (Å²) in [5, 5.41) is 14.6. The number of hydrogen-bond donors (Lipinski definition) is 1. The second-order valence-corrected chi connectivity index (χ2v) is 7.44. The monoisotopic (exact) mass is 414 g/mol. The van der Waals surface area contributed by atoms with Crippen LogP contribution in [0, 0.1) is 10.1 Å². The first kappa shape index (κ1) is 20.7. The Kier molecular flexibility index (Phi) is 6.38. The summed E-state index contributed by atoms with van der Waals surface area (Å²) < 4.78 is 7.34. The molecule has 9 heteroatoms. The number of nitro groups is 1. The van der Waals surface area contributed by atoms with Gasteiger partial charge in [0, 0.05) is 18.2 Å². The molecule has 0 bridgehead atoms. The minimum atomic E-state index is -0.450. The van der Waals surface area contributed by atoms with Gasteiger partial charge < -0.3 is 10.1 Å². The van der Waals surface area contributed by atoms with Crippen molar-refractivity contribution in [3.63, 3.8) is 0 Å². The molecule has 1 aromatic heterocycles. The molecule has 0 saturated carbocycles. The maximum absolute atomic E-state index is 12.2. The predicted octanol–water partition coefficient (Wildman–Crippen LogP) is 3.95. The number of nitro benzene ring substituents is 1. The van der Waals surface area contributed by atoms with Crippen LogP contribution in [0.3, 0.4) is 0 Å². The van der Waals surface area contributed by atoms with Crippen molar-refractivity contribution >= 4 is 34.4 Å². The molecule has 1 amide bonds. The average Bonchev–Trinajstić information content (AvgIpc) is 3.09. The van der Waals surface area contributed by atoms with Crippen molar-refractivity contribution in [3.05, 3.63) is 52.6 Å². The minimum Gasteiger partial charge on any atom is -0.495 e. The van der Waals surface area contributed by atoms with E-state index < -0.39 is 4.92 Å². The van der Waals surface area contributed by atoms with Gasteiger partial charge in [-0.15, -0.1) is 0 Å². The number of rotatable bonds is 8. The van der Waals surface area contributed by atoms with Gasteiger partial charge in [-0.3, -0.25) is 19.5 Å². The highest BCUT2D eigenvalue weighted by Gasteiger charge is 2.19. The summed E-state index contributed by atoms with van der Waals surface area (Å²) in [5.74, 6) is 0.732. The van der Waals surface area contributed by atoms with E-state index in [1.54, 1.807) is 13.2 Å². The van der Waals surface area contributed by atoms with Crippen LogP contribution < -0.4 is 10.1 Å². The average molecular weight is 414 g/mol. The van der Waals surface area contributed by atoms with E-state index in [1.165, 1.54) is 23.9 Å². The van der Waals surface area contributed by atoms with Crippen LogP contribution in [0.15, 0.2) is 47.6 Å². The molecule has 1 heterocycles. The van der Waals surface area contributed by atoms with E-state index in [0.29, 0.717) is 21.9 Å². The van der Waals surface area contributed by atoms with E-state index >= 15 is 0 Å². The maximum atomic E-state index is 12.2. The fraction of sp³-hybridized carbons (Fsp3) is 0.300. The van der Waals surface area contributed by atoms with Crippen LogP contribution in [0.4, 0.5) is 5.69 Å². The minimum absolute atomic E-state index is 0.0340. The lowest BCUT2D eigenvalue weighted by Gasteiger charge is -2.14. The first-order valence-corrected chi connectivity index (χ1v) is 10.2. The molecule has 1 N–H and O–H groups in total. The molecule has 0 unspecified atom stereocenters. The number of amides is 1. The fourth-order valence-corrected chi connectivity index (χ4v) is 3.69. The molecule has 0 spiro atoms. The SMILES string of the molecule is CC[C@H](C)NC(=O)CSc1nc2cc([N+](=O)[O-])ccc2n1-c1ccccc1OC. The lowest BCUT2D eigenvalue weighted by atomic mass is 10.2. The molecule has 3 aromatic rings. The normalized spacial score (nSPS) is 12.0. The quantitative estimate of drug-likeness (QED) is 0.340. The van der Waals surface area contributed by atoms with E-state index in [2.05, 4.69) is 10.3 Å². The molecule has 2 aromatic carbocycles. The molecular formula is C20H22N4O4S. The number of nitrogens with zero attached hydrogens (tertiary/aromatic N) is 3. The van der Waals surface area contributed by atoms with Crippen molar-refractivity contribution in [3.8, 4) is 11.4 Å². The molecule has 8 nitrogen and oxygen atoms in total. The number of aromatic nitrogens is 2. The second-order valence-electron chi connectivity index (χ2n) is 6.50. The van der Waals surface area contributed by atoms with Crippen LogP contribution in [0.1, 0.15) is 20.3 Å². The first-order valence-electron chi connectivity index (χ1n) is 9.17. The number of benzene rings is 2. The number of hydrogen-bond acceptors (Lipinski definition) is 6. The standard InChI is InChI=1S/C20H22N4O4S/c1-4-13(2)21-19(25)12-29-20-22-15-11-14(24(26)27)9-10-16(15)23(20)17-7-5-6-8-18(17)28-3/h5-11,13H,4,12H2,1-3H3,(H,21,25)/t13-/m0/s1. The number of fused-ring (bicyclic) bond motifs is 1. The van der Waals surface area contributed by atoms with Crippen molar-refractivity contribution < 1.29 is 14.5 Å². The van der Waals surface area contributed by atoms with Gasteiger partial charge >= 0.3 is 0 Å². The van der Waals surface area contributed by atoms with Gasteiger partial charge in [0.25, 0.3) is 5.69 Å². The summed E-state index contributed by atoms with van der Waals surface area (Å²) >= 11 is 1.28. The number of thioether (sulfide) groups is 1. The topological polar surface area (TPSA) is 99.3 Å². The number of carbonyl (C=O) groups is 1. The van der Waals surface area contributed by atoms with E-state index in [4.69, 9.17) is 4.74 Å². The van der Waals surface area contributed by atoms with Gasteiger partial charge in [0.2, 0.25) is 5.91 Å². The van der Waals surface area contributed by atoms with Gasteiger partial charge in [0.1, 0.15) is 5.75 Å². The highest BCUT2D eigenvalue weighted by molar-refractivity contribution is 7.99. The van der Waals surface area contributed by atoms with Crippen molar-refractivity contribution in [2.45, 2.75) is 31.5 Å². The summed E-state index contributed by atoms with van der Waals surface area (Å²) in [6, 6.07) is 12.1. The van der Waals surface area contributed by atoms with E-state index in [9.17, 15) is 14.9 Å². The Bertz CT molecular complexity index is 1050. The van der Waals surface area contributed by atoms with Gasteiger partial charge in [0.05, 0.1) is 34.5 Å². The molecule has 0 saturated heterocycles. The largest absolute Gasteiger partial charge is 0.495 e. The third kappa shape index (κ3) is 4.51. The number of imidazole rings is 1. The number of carbonyl (C=O) groups excluding carboxylic acids is 1. The Morgan fingerprint density at radius 1 is 1.34 bits per heavy atom. The Morgan fingerprint density at radius 3 is 2.79 bits per heavy atom. The lowest BCUT2D eigenvalue weighted by Crippen LogP contribution is -2.33. The van der Waals surface area contributed by atoms with Crippen LogP contribution >= 0.6 is 11.8 Å². The zero-order chi connectivity index (χ0) is 21.0. The molecule has 152 valence electrons. The number of non-ortho nitro benzene ring substituents is 1. The summed E-state index contributed by atoms with van der Waals surface area (Å²) in [5.41, 5.74) is 1.89. The molecule has 3 rings (SSSR count). The summed E-state index contributed by atoms with van der Waals surface area (Å²) in [4.78, 5) is 27.5. The smallest absolute Gasteiger partial charge is 0.271 e. The molecule has 0 fully saturated rings. The molecule has 0 aliphatic rings. The predicted molar refractivity (Wildman–Crippen MR) is 113 cm³/mol. The molecule has 0 aliphatic heterocycles. The second kappa shape index (κ2) is 8.95. The number of nitrogens with one attached hydrogen (secondary N) is 1. The van der Waals surface area contributed by atoms with Crippen molar-refractivity contribution in [1.29, 1.82) is 0 Å². The molecule has 0 aliphatic carbocycles. The number of methoxy groups -OCH3 is 1. The van der Waals surface area contributed by atoms with Crippen LogP contribution in [0.25, 0.3) is 16.7 Å². The van der Waals surface area contributed by atoms with E-state index in [0.717, 1.165) is 12.1 Å². The zero-order valence-corrected chi connectivity index (χ0v) is 17.2. The fourth-order valence-electron chi connectivity index (χ4n) is 2.85. The third-order valence-corrected chi connectivity index (χ3v) is 5.43. The Morgan fingerprint density at radius 2 is 2.10 bits per heavy atom. The Labute approximate surface area is 172 Å². The molecule has 29 heavy (non-hydrogen) atoms. The van der Waals surface area contributed by atoms with Gasteiger partial charge in [-0.1, -0.05) is 30.8 Å². The van der Waals surface area contributed by atoms with Crippen molar-refractivity contribution in [2.75, 3.05) is 12.9 Å². The summed E-state index contributed by atoms with van der Waals surface area (Å²) in [6.45, 7) is 3.96. The number of para-hydroxylation sites is 2. The van der Waals surface area contributed by atoms with Gasteiger partial charge in [-0.05, 0) is 31.5 Å². The van der Waals surface area contributed by atoms with Gasteiger partial charge in [-0.25, -0.2) is 4.98 Å². The van der Waals surface area contributed by atoms with E-state index in [1.807, 2.05) is 42.7 Å². The van der Waals surface area contributed by atoms with Crippen molar-refractivity contribution in [1.82, 2.24) is 14.9 Å². The highest BCUT2D eigenvalue weighted by atomic mass is 32.2. The van der Waals surface area contributed by atoms with Crippen LogP contribution in [0.5, 0.6) is 5.75 Å². The molecule has 0 radical (unpaired) electrons. The van der Waals surface area contributed by atoms with Crippen LogP contribution in [-0.2, 0) is 4.79 Å². The summed E-state index contributed by atoms with van der Waals surface area (Å²) in [6.07, 6.45) is 0.847. The van der Waals surface area contributed by atoms with Crippen LogP contribution in [-0.4, -0.2) is 39.3 Å². The van der Waals surface area contributed by atoms with Gasteiger partial charge in [-0.2, -0.15) is 0 Å². The van der Waals surface area contributed by atoms with Crippen molar-refractivity contribution in [2.24, 2.45) is 0 Å². The van der Waals surface area contributed by atoms with Gasteiger partial charge in [0.15, 0.2) is 5.16 Å². The first-order chi connectivity index (χ1) is 13.9. The number of ether oxygens (including phenoxy) is 1.